The van der Waals surface area contributed by atoms with Crippen LogP contribution in [0.5, 0.6) is 0 Å². The van der Waals surface area contributed by atoms with Crippen molar-refractivity contribution in [1.82, 2.24) is 4.98 Å². The SMILES string of the molecule is Cc1nc2cc(NC(=O)c3ccc4c(c3)CC(C)N4S(C)(=O)=O)ccc2o1. The number of hydrogen-bond donors (Lipinski definition) is 1. The minimum Gasteiger partial charge on any atom is -0.441 e. The summed E-state index contributed by atoms with van der Waals surface area (Å²) in [7, 11) is -3.35. The summed E-state index contributed by atoms with van der Waals surface area (Å²) in [5, 5.41) is 2.85. The Hall–Kier alpha value is -2.87. The lowest BCUT2D eigenvalue weighted by Gasteiger charge is -2.21. The van der Waals surface area contributed by atoms with E-state index in [2.05, 4.69) is 10.3 Å². The largest absolute Gasteiger partial charge is 0.441 e. The molecule has 1 N–H and O–H groups in total. The van der Waals surface area contributed by atoms with E-state index in [9.17, 15) is 13.2 Å². The number of nitrogens with one attached hydrogen (secondary N) is 1. The molecule has 1 amide bonds. The number of sulfonamides is 1. The molecule has 0 spiro atoms. The number of anilines is 2. The maximum absolute atomic E-state index is 12.6. The predicted molar refractivity (Wildman–Crippen MR) is 104 cm³/mol. The van der Waals surface area contributed by atoms with Crippen LogP contribution in [0.2, 0.25) is 0 Å². The van der Waals surface area contributed by atoms with Gasteiger partial charge in [-0.15, -0.1) is 0 Å². The van der Waals surface area contributed by atoms with E-state index in [0.717, 1.165) is 5.56 Å². The molecule has 4 rings (SSSR count). The van der Waals surface area contributed by atoms with Crippen molar-refractivity contribution in [3.63, 3.8) is 0 Å². The number of oxazole rings is 1. The van der Waals surface area contributed by atoms with Gasteiger partial charge in [0.25, 0.3) is 5.91 Å². The minimum atomic E-state index is -3.35. The molecular weight excluding hydrogens is 366 g/mol. The molecule has 1 aromatic heterocycles. The molecule has 0 radical (unpaired) electrons. The maximum atomic E-state index is 12.6. The molecule has 3 aromatic rings. The molecule has 7 nitrogen and oxygen atoms in total. The summed E-state index contributed by atoms with van der Waals surface area (Å²) in [4.78, 5) is 16.9. The lowest BCUT2D eigenvalue weighted by molar-refractivity contribution is 0.102. The first kappa shape index (κ1) is 17.5. The smallest absolute Gasteiger partial charge is 0.255 e. The van der Waals surface area contributed by atoms with Crippen LogP contribution in [-0.4, -0.2) is 31.6 Å². The van der Waals surface area contributed by atoms with Crippen LogP contribution in [0.1, 0.15) is 28.7 Å². The fourth-order valence-electron chi connectivity index (χ4n) is 3.57. The van der Waals surface area contributed by atoms with E-state index in [1.165, 1.54) is 10.6 Å². The predicted octanol–water partition coefficient (Wildman–Crippen LogP) is 3.10. The number of amides is 1. The van der Waals surface area contributed by atoms with Gasteiger partial charge in [0.2, 0.25) is 10.0 Å². The molecule has 1 aliphatic rings. The molecule has 2 aromatic carbocycles. The number of carbonyl (C=O) groups excluding carboxylic acids is 1. The summed E-state index contributed by atoms with van der Waals surface area (Å²) in [6.45, 7) is 3.62. The molecule has 1 aliphatic heterocycles. The van der Waals surface area contributed by atoms with Gasteiger partial charge in [-0.2, -0.15) is 0 Å². The molecule has 27 heavy (non-hydrogen) atoms. The lowest BCUT2D eigenvalue weighted by atomic mass is 10.1. The van der Waals surface area contributed by atoms with Gasteiger partial charge in [0.15, 0.2) is 11.5 Å². The Balaban J connectivity index is 1.60. The fourth-order valence-corrected chi connectivity index (χ4v) is 4.84. The average Bonchev–Trinajstić information content (AvgIpc) is 3.10. The highest BCUT2D eigenvalue weighted by atomic mass is 32.2. The van der Waals surface area contributed by atoms with Gasteiger partial charge >= 0.3 is 0 Å². The summed E-state index contributed by atoms with van der Waals surface area (Å²) in [5.41, 5.74) is 3.93. The second kappa shape index (κ2) is 6.09. The van der Waals surface area contributed by atoms with Crippen molar-refractivity contribution in [2.45, 2.75) is 26.3 Å². The van der Waals surface area contributed by atoms with Crippen molar-refractivity contribution >= 4 is 38.4 Å². The normalized spacial score (nSPS) is 16.6. The van der Waals surface area contributed by atoms with E-state index in [1.54, 1.807) is 43.3 Å². The monoisotopic (exact) mass is 385 g/mol. The summed E-state index contributed by atoms with van der Waals surface area (Å²) in [5.74, 6) is 0.305. The Labute approximate surface area is 157 Å². The van der Waals surface area contributed by atoms with E-state index in [-0.39, 0.29) is 11.9 Å². The molecule has 0 saturated heterocycles. The number of rotatable bonds is 3. The van der Waals surface area contributed by atoms with Crippen LogP contribution in [0.25, 0.3) is 11.1 Å². The van der Waals surface area contributed by atoms with Crippen LogP contribution in [0.4, 0.5) is 11.4 Å². The summed E-state index contributed by atoms with van der Waals surface area (Å²) < 4.78 is 30.9. The van der Waals surface area contributed by atoms with Crippen molar-refractivity contribution in [3.05, 3.63) is 53.4 Å². The first-order chi connectivity index (χ1) is 12.7. The quantitative estimate of drug-likeness (QED) is 0.748. The number of nitrogens with zero attached hydrogens (tertiary/aromatic N) is 2. The molecule has 0 bridgehead atoms. The van der Waals surface area contributed by atoms with Crippen molar-refractivity contribution in [3.8, 4) is 0 Å². The van der Waals surface area contributed by atoms with Crippen molar-refractivity contribution in [1.29, 1.82) is 0 Å². The molecule has 8 heteroatoms. The van der Waals surface area contributed by atoms with Crippen molar-refractivity contribution in [2.24, 2.45) is 0 Å². The Morgan fingerprint density at radius 3 is 2.78 bits per heavy atom. The van der Waals surface area contributed by atoms with Crippen LogP contribution in [-0.2, 0) is 16.4 Å². The van der Waals surface area contributed by atoms with Gasteiger partial charge in [-0.05, 0) is 55.3 Å². The highest BCUT2D eigenvalue weighted by molar-refractivity contribution is 7.92. The Morgan fingerprint density at radius 1 is 1.26 bits per heavy atom. The molecule has 1 unspecified atom stereocenters. The number of aromatic nitrogens is 1. The van der Waals surface area contributed by atoms with Gasteiger partial charge in [0.1, 0.15) is 5.52 Å². The van der Waals surface area contributed by atoms with Gasteiger partial charge in [-0.1, -0.05) is 0 Å². The van der Waals surface area contributed by atoms with Gasteiger partial charge in [-0.25, -0.2) is 13.4 Å². The van der Waals surface area contributed by atoms with E-state index in [1.807, 2.05) is 6.92 Å². The number of hydrogen-bond acceptors (Lipinski definition) is 5. The third-order valence-corrected chi connectivity index (χ3v) is 5.88. The Kier molecular flexibility index (Phi) is 3.96. The number of fused-ring (bicyclic) bond motifs is 2. The van der Waals surface area contributed by atoms with Gasteiger partial charge < -0.3 is 9.73 Å². The molecule has 2 heterocycles. The summed E-state index contributed by atoms with van der Waals surface area (Å²) in [6, 6.07) is 10.2. The zero-order valence-corrected chi connectivity index (χ0v) is 16.0. The number of benzene rings is 2. The lowest BCUT2D eigenvalue weighted by Crippen LogP contribution is -2.34. The first-order valence-corrected chi connectivity index (χ1v) is 10.4. The van der Waals surface area contributed by atoms with Crippen LogP contribution < -0.4 is 9.62 Å². The van der Waals surface area contributed by atoms with Gasteiger partial charge in [-0.3, -0.25) is 9.10 Å². The average molecular weight is 385 g/mol. The molecule has 1 atom stereocenters. The van der Waals surface area contributed by atoms with Crippen LogP contribution >= 0.6 is 0 Å². The van der Waals surface area contributed by atoms with Crippen molar-refractivity contribution in [2.75, 3.05) is 15.9 Å². The van der Waals surface area contributed by atoms with Crippen LogP contribution in [0.15, 0.2) is 40.8 Å². The fraction of sp³-hybridized carbons (Fsp3) is 0.263. The zero-order chi connectivity index (χ0) is 19.3. The van der Waals surface area contributed by atoms with Crippen molar-refractivity contribution < 1.29 is 17.6 Å². The minimum absolute atomic E-state index is 0.161. The van der Waals surface area contributed by atoms with Crippen LogP contribution in [0.3, 0.4) is 0 Å². The standard InChI is InChI=1S/C19H19N3O4S/c1-11-8-14-9-13(4-6-17(14)22(11)27(3,24)25)19(23)21-15-5-7-18-16(10-15)20-12(2)26-18/h4-7,9-11H,8H2,1-3H3,(H,21,23). The highest BCUT2D eigenvalue weighted by Gasteiger charge is 2.32. The molecule has 140 valence electrons. The van der Waals surface area contributed by atoms with E-state index < -0.39 is 10.0 Å². The Morgan fingerprint density at radius 2 is 2.04 bits per heavy atom. The van der Waals surface area contributed by atoms with Crippen LogP contribution in [0, 0.1) is 6.92 Å². The van der Waals surface area contributed by atoms with E-state index in [0.29, 0.717) is 40.3 Å². The highest BCUT2D eigenvalue weighted by Crippen LogP contribution is 2.34. The van der Waals surface area contributed by atoms with Gasteiger partial charge in [0, 0.05) is 24.2 Å². The second-order valence-corrected chi connectivity index (χ2v) is 8.68. The Bertz CT molecular complexity index is 1170. The topological polar surface area (TPSA) is 92.5 Å². The molecular formula is C19H19N3O4S. The van der Waals surface area contributed by atoms with E-state index in [4.69, 9.17) is 4.42 Å². The zero-order valence-electron chi connectivity index (χ0n) is 15.2. The third kappa shape index (κ3) is 3.16. The number of aryl methyl sites for hydroxylation is 1. The molecule has 0 aliphatic carbocycles. The van der Waals surface area contributed by atoms with E-state index >= 15 is 0 Å². The summed E-state index contributed by atoms with van der Waals surface area (Å²) >= 11 is 0. The maximum Gasteiger partial charge on any atom is 0.255 e. The summed E-state index contributed by atoms with van der Waals surface area (Å²) in [6.07, 6.45) is 1.77. The molecule has 0 saturated carbocycles. The second-order valence-electron chi connectivity index (χ2n) is 6.82. The van der Waals surface area contributed by atoms with Gasteiger partial charge in [0.05, 0.1) is 11.9 Å². The number of carbonyl (C=O) groups is 1. The first-order valence-electron chi connectivity index (χ1n) is 8.53. The molecule has 0 fully saturated rings. The third-order valence-electron chi connectivity index (χ3n) is 4.60.